The van der Waals surface area contributed by atoms with E-state index in [9.17, 15) is 4.79 Å². The zero-order chi connectivity index (χ0) is 16.4. The van der Waals surface area contributed by atoms with E-state index < -0.39 is 0 Å². The highest BCUT2D eigenvalue weighted by Gasteiger charge is 2.45. The summed E-state index contributed by atoms with van der Waals surface area (Å²) in [5.74, 6) is 2.64. The van der Waals surface area contributed by atoms with E-state index in [0.717, 1.165) is 49.9 Å². The fourth-order valence-electron chi connectivity index (χ4n) is 4.49. The predicted octanol–water partition coefficient (Wildman–Crippen LogP) is 4.73. The van der Waals surface area contributed by atoms with Crippen molar-refractivity contribution in [3.63, 3.8) is 0 Å². The molecule has 23 heavy (non-hydrogen) atoms. The van der Waals surface area contributed by atoms with Gasteiger partial charge in [0.1, 0.15) is 6.10 Å². The Morgan fingerprint density at radius 3 is 2.39 bits per heavy atom. The van der Waals surface area contributed by atoms with E-state index in [1.54, 1.807) is 0 Å². The van der Waals surface area contributed by atoms with Gasteiger partial charge >= 0.3 is 5.97 Å². The summed E-state index contributed by atoms with van der Waals surface area (Å²) in [7, 11) is 0. The van der Waals surface area contributed by atoms with Crippen LogP contribution in [0.2, 0.25) is 0 Å². The van der Waals surface area contributed by atoms with Gasteiger partial charge in [-0.3, -0.25) is 4.79 Å². The van der Waals surface area contributed by atoms with Crippen molar-refractivity contribution in [2.75, 3.05) is 0 Å². The van der Waals surface area contributed by atoms with Crippen molar-refractivity contribution in [2.24, 2.45) is 23.7 Å². The highest BCUT2D eigenvalue weighted by Crippen LogP contribution is 2.39. The molecule has 2 saturated carbocycles. The normalized spacial score (nSPS) is 38.0. The molecule has 0 aromatic heterocycles. The maximum absolute atomic E-state index is 12.4. The minimum atomic E-state index is 0.0717. The maximum Gasteiger partial charge on any atom is 0.309 e. The summed E-state index contributed by atoms with van der Waals surface area (Å²) in [5, 5.41) is 0. The predicted molar refractivity (Wildman–Crippen MR) is 91.1 cm³/mol. The van der Waals surface area contributed by atoms with E-state index >= 15 is 0 Å². The Morgan fingerprint density at radius 2 is 1.74 bits per heavy atom. The second-order valence-electron chi connectivity index (χ2n) is 8.65. The average Bonchev–Trinajstić information content (AvgIpc) is 3.31. The van der Waals surface area contributed by atoms with Crippen molar-refractivity contribution in [3.05, 3.63) is 0 Å². The average molecular weight is 322 g/mol. The number of fused-ring (bicyclic) bond motifs is 1. The number of ether oxygens (including phenoxy) is 2. The smallest absolute Gasteiger partial charge is 0.309 e. The summed E-state index contributed by atoms with van der Waals surface area (Å²) >= 11 is 0. The van der Waals surface area contributed by atoms with Gasteiger partial charge in [-0.15, -0.1) is 0 Å². The zero-order valence-corrected chi connectivity index (χ0v) is 15.1. The van der Waals surface area contributed by atoms with Crippen LogP contribution in [0.3, 0.4) is 0 Å². The summed E-state index contributed by atoms with van der Waals surface area (Å²) in [5.41, 5.74) is 0. The lowest BCUT2D eigenvalue weighted by Crippen LogP contribution is -2.31. The van der Waals surface area contributed by atoms with Crippen LogP contribution < -0.4 is 0 Å². The van der Waals surface area contributed by atoms with E-state index in [4.69, 9.17) is 9.47 Å². The Labute approximate surface area is 141 Å². The van der Waals surface area contributed by atoms with E-state index in [2.05, 4.69) is 20.8 Å². The molecule has 2 aliphatic carbocycles. The molecule has 0 radical (unpaired) electrons. The van der Waals surface area contributed by atoms with Crippen molar-refractivity contribution in [2.45, 2.75) is 96.9 Å². The number of hydrogen-bond donors (Lipinski definition) is 0. The molecule has 1 heterocycles. The van der Waals surface area contributed by atoms with Gasteiger partial charge in [0.25, 0.3) is 0 Å². The van der Waals surface area contributed by atoms with E-state index in [-0.39, 0.29) is 18.0 Å². The van der Waals surface area contributed by atoms with Crippen LogP contribution in [0.25, 0.3) is 0 Å². The summed E-state index contributed by atoms with van der Waals surface area (Å²) in [6.07, 6.45) is 11.1. The highest BCUT2D eigenvalue weighted by atomic mass is 16.6. The summed E-state index contributed by atoms with van der Waals surface area (Å²) < 4.78 is 11.3. The standard InChI is InChI=1S/C20H34O3/c1-13(2)4-5-14(3)15-6-8-16(9-7-15)20(21)22-17-10-11-18-19(12-17)23-18/h13-19H,4-12H2,1-3H3. The molecule has 3 aliphatic rings. The van der Waals surface area contributed by atoms with Crippen LogP contribution in [0, 0.1) is 23.7 Å². The number of carbonyl (C=O) groups is 1. The van der Waals surface area contributed by atoms with Gasteiger partial charge in [0.05, 0.1) is 18.1 Å². The fourth-order valence-corrected chi connectivity index (χ4v) is 4.49. The first-order chi connectivity index (χ1) is 11.0. The third kappa shape index (κ3) is 4.71. The second-order valence-corrected chi connectivity index (χ2v) is 8.65. The van der Waals surface area contributed by atoms with Crippen LogP contribution in [-0.4, -0.2) is 24.3 Å². The largest absolute Gasteiger partial charge is 0.462 e. The van der Waals surface area contributed by atoms with Gasteiger partial charge in [0.15, 0.2) is 0 Å². The molecule has 4 atom stereocenters. The van der Waals surface area contributed by atoms with E-state index in [0.29, 0.717) is 12.2 Å². The zero-order valence-electron chi connectivity index (χ0n) is 15.1. The highest BCUT2D eigenvalue weighted by molar-refractivity contribution is 5.72. The van der Waals surface area contributed by atoms with Crippen LogP contribution in [-0.2, 0) is 14.3 Å². The molecule has 3 heteroatoms. The van der Waals surface area contributed by atoms with Crippen molar-refractivity contribution in [1.82, 2.24) is 0 Å². The Bertz CT molecular complexity index is 398. The molecule has 1 aliphatic heterocycles. The van der Waals surface area contributed by atoms with Crippen molar-refractivity contribution < 1.29 is 14.3 Å². The molecule has 0 bridgehead atoms. The topological polar surface area (TPSA) is 38.8 Å². The van der Waals surface area contributed by atoms with Crippen LogP contribution in [0.1, 0.15) is 78.6 Å². The lowest BCUT2D eigenvalue weighted by atomic mass is 9.74. The van der Waals surface area contributed by atoms with Gasteiger partial charge in [0.2, 0.25) is 0 Å². The second kappa shape index (κ2) is 7.55. The summed E-state index contributed by atoms with van der Waals surface area (Å²) in [6, 6.07) is 0. The molecule has 3 rings (SSSR count). The first-order valence-electron chi connectivity index (χ1n) is 9.89. The molecular weight excluding hydrogens is 288 g/mol. The number of carbonyl (C=O) groups excluding carboxylic acids is 1. The first kappa shape index (κ1) is 17.3. The molecule has 0 N–H and O–H groups in total. The fraction of sp³-hybridized carbons (Fsp3) is 0.950. The summed E-state index contributed by atoms with van der Waals surface area (Å²) in [4.78, 5) is 12.4. The van der Waals surface area contributed by atoms with E-state index in [1.807, 2.05) is 0 Å². The number of hydrogen-bond acceptors (Lipinski definition) is 3. The molecule has 1 saturated heterocycles. The van der Waals surface area contributed by atoms with Crippen molar-refractivity contribution >= 4 is 5.97 Å². The maximum atomic E-state index is 12.4. The van der Waals surface area contributed by atoms with Crippen LogP contribution in [0.5, 0.6) is 0 Å². The van der Waals surface area contributed by atoms with Crippen LogP contribution in [0.15, 0.2) is 0 Å². The number of rotatable bonds is 6. The van der Waals surface area contributed by atoms with Crippen molar-refractivity contribution in [1.29, 1.82) is 0 Å². The molecule has 0 amide bonds. The van der Waals surface area contributed by atoms with E-state index in [1.165, 1.54) is 25.7 Å². The molecule has 0 aromatic carbocycles. The molecule has 0 aromatic rings. The molecular formula is C20H34O3. The van der Waals surface area contributed by atoms with Gasteiger partial charge in [-0.05, 0) is 56.3 Å². The SMILES string of the molecule is CC(C)CCC(C)C1CCC(C(=O)OC2CCC3OC3C2)CC1. The van der Waals surface area contributed by atoms with Crippen LogP contribution >= 0.6 is 0 Å². The monoisotopic (exact) mass is 322 g/mol. The molecule has 3 fully saturated rings. The molecule has 0 spiro atoms. The van der Waals surface area contributed by atoms with Gasteiger partial charge in [-0.1, -0.05) is 33.6 Å². The van der Waals surface area contributed by atoms with Gasteiger partial charge < -0.3 is 9.47 Å². The quantitative estimate of drug-likeness (QED) is 0.524. The Morgan fingerprint density at radius 1 is 1.00 bits per heavy atom. The third-order valence-corrected chi connectivity index (χ3v) is 6.35. The van der Waals surface area contributed by atoms with Crippen LogP contribution in [0.4, 0.5) is 0 Å². The lowest BCUT2D eigenvalue weighted by molar-refractivity contribution is -0.156. The molecule has 132 valence electrons. The third-order valence-electron chi connectivity index (χ3n) is 6.35. The Balaban J connectivity index is 1.37. The molecule has 3 nitrogen and oxygen atoms in total. The number of epoxide rings is 1. The van der Waals surface area contributed by atoms with Crippen molar-refractivity contribution in [3.8, 4) is 0 Å². The number of esters is 1. The lowest BCUT2D eigenvalue weighted by Gasteiger charge is -2.32. The minimum Gasteiger partial charge on any atom is -0.462 e. The minimum absolute atomic E-state index is 0.0717. The van der Waals surface area contributed by atoms with Gasteiger partial charge in [-0.25, -0.2) is 0 Å². The Kier molecular flexibility index (Phi) is 5.66. The molecule has 4 unspecified atom stereocenters. The Hall–Kier alpha value is -0.570. The first-order valence-corrected chi connectivity index (χ1v) is 9.89. The summed E-state index contributed by atoms with van der Waals surface area (Å²) in [6.45, 7) is 7.01. The van der Waals surface area contributed by atoms with Gasteiger partial charge in [-0.2, -0.15) is 0 Å². The van der Waals surface area contributed by atoms with Gasteiger partial charge in [0, 0.05) is 6.42 Å².